The van der Waals surface area contributed by atoms with Crippen molar-refractivity contribution in [2.24, 2.45) is 26.9 Å². The van der Waals surface area contributed by atoms with E-state index >= 15 is 0 Å². The Kier molecular flexibility index (Phi) is 18.3. The van der Waals surface area contributed by atoms with Crippen LogP contribution in [0.25, 0.3) is 0 Å². The average Bonchev–Trinajstić information content (AvgIpc) is 4.09. The van der Waals surface area contributed by atoms with E-state index in [0.717, 1.165) is 0 Å². The fourth-order valence-electron chi connectivity index (χ4n) is 6.78. The summed E-state index contributed by atoms with van der Waals surface area (Å²) in [4.78, 5) is 101. The number of aromatic nitrogens is 6. The van der Waals surface area contributed by atoms with E-state index < -0.39 is 29.7 Å². The number of rotatable bonds is 25. The summed E-state index contributed by atoms with van der Waals surface area (Å²) >= 11 is 0. The monoisotopic (exact) mass is 909 g/mol. The molecule has 5 heterocycles. The minimum absolute atomic E-state index is 0.141. The van der Waals surface area contributed by atoms with Crippen LogP contribution >= 0.6 is 0 Å². The standard InChI is InChI=1S/C44H59N15O7/c1-5-9-39(61)53-30-19-36(58(3)24-30)43(65)55-32-21-37(59(4)26-32)44(66)54-31-20-35(57(2)25-31)42(64)50-16-8-15-48-38(60)12-7-14-49-40(62)34(18-29-23-47-27-51-29)56-41(63)33-11-6-10-28(52-33)22-46-17-13-45/h6,10-11,19-21,23-27,34,46H,5,7-9,12-18,22,45H2,1-4H3,(H,47,51)(H,48,60)(H,49,62)(H,50,64)(H,53,61)(H,54,66)(H,55,65)(H,56,63)/t34-/m0/s1. The Bertz CT molecular complexity index is 2470. The molecule has 66 heavy (non-hydrogen) atoms. The Morgan fingerprint density at radius 3 is 1.91 bits per heavy atom. The number of nitrogens with zero attached hydrogens (tertiary/aromatic N) is 5. The van der Waals surface area contributed by atoms with Crippen molar-refractivity contribution in [3.05, 3.63) is 102 Å². The van der Waals surface area contributed by atoms with Gasteiger partial charge in [-0.2, -0.15) is 0 Å². The number of aromatic amines is 1. The number of H-pyrrole nitrogens is 1. The molecule has 0 fully saturated rings. The number of anilines is 3. The van der Waals surface area contributed by atoms with Crippen molar-refractivity contribution in [1.29, 1.82) is 0 Å². The summed E-state index contributed by atoms with van der Waals surface area (Å²) < 4.78 is 4.74. The molecule has 0 aliphatic rings. The van der Waals surface area contributed by atoms with Gasteiger partial charge in [0.1, 0.15) is 28.8 Å². The van der Waals surface area contributed by atoms with E-state index in [1.807, 2.05) is 6.92 Å². The molecule has 0 saturated carbocycles. The van der Waals surface area contributed by atoms with E-state index in [-0.39, 0.29) is 55.0 Å². The van der Waals surface area contributed by atoms with Crippen LogP contribution in [-0.2, 0) is 48.5 Å². The lowest BCUT2D eigenvalue weighted by Crippen LogP contribution is -2.48. The van der Waals surface area contributed by atoms with Gasteiger partial charge < -0.3 is 67.0 Å². The Morgan fingerprint density at radius 2 is 1.30 bits per heavy atom. The largest absolute Gasteiger partial charge is 0.356 e. The van der Waals surface area contributed by atoms with E-state index in [2.05, 4.69) is 57.5 Å². The first-order valence-electron chi connectivity index (χ1n) is 21.6. The highest BCUT2D eigenvalue weighted by Crippen LogP contribution is 2.20. The van der Waals surface area contributed by atoms with E-state index in [4.69, 9.17) is 5.73 Å². The van der Waals surface area contributed by atoms with Crippen LogP contribution in [0.5, 0.6) is 0 Å². The maximum atomic E-state index is 13.2. The number of imidazole rings is 1. The number of nitrogens with one attached hydrogen (secondary N) is 9. The van der Waals surface area contributed by atoms with E-state index in [9.17, 15) is 33.6 Å². The molecular weight excluding hydrogens is 851 g/mol. The third kappa shape index (κ3) is 14.7. The molecule has 0 aromatic carbocycles. The molecule has 0 radical (unpaired) electrons. The van der Waals surface area contributed by atoms with Gasteiger partial charge in [0.05, 0.1) is 29.1 Å². The molecule has 22 nitrogen and oxygen atoms in total. The van der Waals surface area contributed by atoms with Gasteiger partial charge in [0, 0.05) is 110 Å². The summed E-state index contributed by atoms with van der Waals surface area (Å²) in [6, 6.07) is 8.79. The van der Waals surface area contributed by atoms with E-state index in [1.54, 1.807) is 90.0 Å². The van der Waals surface area contributed by atoms with Gasteiger partial charge in [-0.3, -0.25) is 33.6 Å². The van der Waals surface area contributed by atoms with Crippen LogP contribution in [0.1, 0.15) is 92.4 Å². The lowest BCUT2D eigenvalue weighted by Gasteiger charge is -2.18. The zero-order valence-corrected chi connectivity index (χ0v) is 37.6. The van der Waals surface area contributed by atoms with Gasteiger partial charge in [0.2, 0.25) is 17.7 Å². The zero-order valence-electron chi connectivity index (χ0n) is 37.6. The maximum absolute atomic E-state index is 13.2. The minimum atomic E-state index is -0.932. The molecular formula is C44H59N15O7. The van der Waals surface area contributed by atoms with Gasteiger partial charge >= 0.3 is 0 Å². The number of pyridine rings is 1. The van der Waals surface area contributed by atoms with Crippen LogP contribution in [-0.4, -0.2) is 109 Å². The molecule has 22 heteroatoms. The van der Waals surface area contributed by atoms with Crippen LogP contribution in [0.3, 0.4) is 0 Å². The number of hydrogen-bond acceptors (Lipinski definition) is 11. The molecule has 0 saturated heterocycles. The molecule has 0 aliphatic heterocycles. The molecule has 0 unspecified atom stereocenters. The number of carbonyl (C=O) groups is 7. The van der Waals surface area contributed by atoms with E-state index in [0.29, 0.717) is 91.7 Å². The Morgan fingerprint density at radius 1 is 0.697 bits per heavy atom. The first-order valence-corrected chi connectivity index (χ1v) is 21.6. The predicted octanol–water partition coefficient (Wildman–Crippen LogP) is 1.29. The predicted molar refractivity (Wildman–Crippen MR) is 246 cm³/mol. The molecule has 5 aromatic heterocycles. The van der Waals surface area contributed by atoms with Crippen molar-refractivity contribution in [3.8, 4) is 0 Å². The molecule has 5 rings (SSSR count). The SMILES string of the molecule is CCCC(=O)Nc1cc(C(=O)Nc2cc(C(=O)Nc3cc(C(=O)NCCCNC(=O)CCCNC(=O)[C@H](Cc4cnc[nH]4)NC(=O)c4cccc(CNCCN)n4)n(C)c3)n(C)c2)n(C)c1. The fourth-order valence-corrected chi connectivity index (χ4v) is 6.78. The number of amides is 7. The highest BCUT2D eigenvalue weighted by Gasteiger charge is 2.24. The van der Waals surface area contributed by atoms with Gasteiger partial charge in [0.25, 0.3) is 23.6 Å². The number of nitrogens with two attached hydrogens (primary N) is 1. The number of hydrogen-bond donors (Lipinski definition) is 10. The highest BCUT2D eigenvalue weighted by atomic mass is 16.2. The van der Waals surface area contributed by atoms with Crippen molar-refractivity contribution in [1.82, 2.24) is 55.2 Å². The van der Waals surface area contributed by atoms with E-state index in [1.165, 1.54) is 12.4 Å². The highest BCUT2D eigenvalue weighted by molar-refractivity contribution is 6.08. The summed E-state index contributed by atoms with van der Waals surface area (Å²) in [6.45, 7) is 4.18. The minimum Gasteiger partial charge on any atom is -0.356 e. The molecule has 0 spiro atoms. The second-order valence-corrected chi connectivity index (χ2v) is 15.5. The van der Waals surface area contributed by atoms with Gasteiger partial charge in [-0.05, 0) is 49.6 Å². The van der Waals surface area contributed by atoms with Crippen LogP contribution in [0.15, 0.2) is 67.5 Å². The summed E-state index contributed by atoms with van der Waals surface area (Å²) in [5.74, 6) is -2.56. The van der Waals surface area contributed by atoms with Crippen molar-refractivity contribution >= 4 is 58.4 Å². The molecule has 1 atom stereocenters. The third-order valence-electron chi connectivity index (χ3n) is 10.1. The Balaban J connectivity index is 0.999. The van der Waals surface area contributed by atoms with Gasteiger partial charge in [0.15, 0.2) is 0 Å². The summed E-state index contributed by atoms with van der Waals surface area (Å²) in [7, 11) is 5.03. The fraction of sp³-hybridized carbons (Fsp3) is 0.386. The van der Waals surface area contributed by atoms with Gasteiger partial charge in [-0.25, -0.2) is 9.97 Å². The first-order chi connectivity index (χ1) is 31.7. The van der Waals surface area contributed by atoms with Crippen molar-refractivity contribution < 1.29 is 33.6 Å². The van der Waals surface area contributed by atoms with Crippen LogP contribution in [0.2, 0.25) is 0 Å². The van der Waals surface area contributed by atoms with Crippen LogP contribution < -0.4 is 48.3 Å². The second kappa shape index (κ2) is 24.5. The molecule has 5 aromatic rings. The maximum Gasteiger partial charge on any atom is 0.272 e. The molecule has 0 bridgehead atoms. The molecule has 0 aliphatic carbocycles. The Hall–Kier alpha value is -7.59. The average molecular weight is 910 g/mol. The zero-order chi connectivity index (χ0) is 47.6. The summed E-state index contributed by atoms with van der Waals surface area (Å²) in [6.07, 6.45) is 10.1. The van der Waals surface area contributed by atoms with Crippen molar-refractivity contribution in [2.75, 3.05) is 48.7 Å². The van der Waals surface area contributed by atoms with Crippen molar-refractivity contribution in [3.63, 3.8) is 0 Å². The Labute approximate surface area is 381 Å². The van der Waals surface area contributed by atoms with Crippen molar-refractivity contribution in [2.45, 2.75) is 58.0 Å². The van der Waals surface area contributed by atoms with Gasteiger partial charge in [-0.1, -0.05) is 13.0 Å². The lowest BCUT2D eigenvalue weighted by molar-refractivity contribution is -0.124. The molecule has 352 valence electrons. The first kappa shape index (κ1) is 49.4. The topological polar surface area (TPSA) is 298 Å². The summed E-state index contributed by atoms with van der Waals surface area (Å²) in [5.41, 5.74) is 9.14. The summed E-state index contributed by atoms with van der Waals surface area (Å²) in [5, 5.41) is 22.7. The van der Waals surface area contributed by atoms with Crippen LogP contribution in [0.4, 0.5) is 17.1 Å². The second-order valence-electron chi connectivity index (χ2n) is 15.5. The van der Waals surface area contributed by atoms with Crippen LogP contribution in [0, 0.1) is 0 Å². The molecule has 11 N–H and O–H groups in total. The smallest absolute Gasteiger partial charge is 0.272 e. The van der Waals surface area contributed by atoms with Gasteiger partial charge in [-0.15, -0.1) is 0 Å². The quantitative estimate of drug-likeness (QED) is 0.0372. The molecule has 7 amide bonds. The normalized spacial score (nSPS) is 11.3. The lowest BCUT2D eigenvalue weighted by atomic mass is 10.1. The third-order valence-corrected chi connectivity index (χ3v) is 10.1. The number of aryl methyl sites for hydroxylation is 3. The number of carbonyl (C=O) groups excluding carboxylic acids is 7.